The van der Waals surface area contributed by atoms with Gasteiger partial charge in [0.15, 0.2) is 0 Å². The maximum atomic E-state index is 10.9. The van der Waals surface area contributed by atoms with Gasteiger partial charge in [0.1, 0.15) is 0 Å². The van der Waals surface area contributed by atoms with Gasteiger partial charge in [-0.15, -0.1) is 11.8 Å². The monoisotopic (exact) mass is 222 g/mol. The molecule has 1 N–H and O–H groups in total. The zero-order valence-electron chi connectivity index (χ0n) is 8.48. The zero-order valence-corrected chi connectivity index (χ0v) is 9.30. The quantitative estimate of drug-likeness (QED) is 0.778. The van der Waals surface area contributed by atoms with Crippen LogP contribution in [0.5, 0.6) is 0 Å². The third kappa shape index (κ3) is 2.53. The lowest BCUT2D eigenvalue weighted by molar-refractivity contribution is -0.143. The van der Waals surface area contributed by atoms with E-state index in [1.807, 2.05) is 18.2 Å². The van der Waals surface area contributed by atoms with Crippen LogP contribution >= 0.6 is 11.8 Å². The maximum Gasteiger partial charge on any atom is 0.309 e. The molecule has 1 aromatic carbocycles. The summed E-state index contributed by atoms with van der Waals surface area (Å²) in [4.78, 5) is 12.1. The predicted molar refractivity (Wildman–Crippen MR) is 61.1 cm³/mol. The van der Waals surface area contributed by atoms with E-state index in [1.54, 1.807) is 11.8 Å². The van der Waals surface area contributed by atoms with Crippen molar-refractivity contribution in [3.8, 4) is 0 Å². The highest BCUT2D eigenvalue weighted by Gasteiger charge is 2.49. The Balaban J connectivity index is 1.79. The minimum absolute atomic E-state index is 0.373. The molecule has 0 aliphatic heterocycles. The summed E-state index contributed by atoms with van der Waals surface area (Å²) in [5.74, 6) is 0.284. The van der Waals surface area contributed by atoms with Crippen molar-refractivity contribution >= 4 is 17.7 Å². The SMILES string of the molecule is O=C(O)C1(CCSc2ccccc2)CC1. The molecule has 0 amide bonds. The van der Waals surface area contributed by atoms with Gasteiger partial charge in [-0.1, -0.05) is 18.2 Å². The van der Waals surface area contributed by atoms with Gasteiger partial charge in [0.05, 0.1) is 5.41 Å². The second-order valence-electron chi connectivity index (χ2n) is 4.00. The van der Waals surface area contributed by atoms with Crippen molar-refractivity contribution in [3.05, 3.63) is 30.3 Å². The van der Waals surface area contributed by atoms with Crippen LogP contribution in [0.2, 0.25) is 0 Å². The van der Waals surface area contributed by atoms with Crippen molar-refractivity contribution in [2.45, 2.75) is 24.2 Å². The third-order valence-electron chi connectivity index (χ3n) is 2.90. The van der Waals surface area contributed by atoms with Gasteiger partial charge in [0.25, 0.3) is 0 Å². The molecular weight excluding hydrogens is 208 g/mol. The molecule has 0 unspecified atom stereocenters. The van der Waals surface area contributed by atoms with Crippen LogP contribution in [0.25, 0.3) is 0 Å². The van der Waals surface area contributed by atoms with Gasteiger partial charge >= 0.3 is 5.97 Å². The Morgan fingerprint density at radius 3 is 2.53 bits per heavy atom. The van der Waals surface area contributed by atoms with Gasteiger partial charge in [-0.05, 0) is 37.1 Å². The van der Waals surface area contributed by atoms with E-state index in [0.717, 1.165) is 25.0 Å². The molecule has 1 aliphatic rings. The molecular formula is C12H14O2S. The fraction of sp³-hybridized carbons (Fsp3) is 0.417. The van der Waals surface area contributed by atoms with E-state index >= 15 is 0 Å². The van der Waals surface area contributed by atoms with E-state index in [-0.39, 0.29) is 5.41 Å². The molecule has 1 aromatic rings. The molecule has 1 saturated carbocycles. The average molecular weight is 222 g/mol. The molecule has 1 fully saturated rings. The van der Waals surface area contributed by atoms with Gasteiger partial charge in [-0.2, -0.15) is 0 Å². The molecule has 0 spiro atoms. The van der Waals surface area contributed by atoms with Crippen molar-refractivity contribution in [3.63, 3.8) is 0 Å². The lowest BCUT2D eigenvalue weighted by Gasteiger charge is -2.08. The Labute approximate surface area is 93.7 Å². The summed E-state index contributed by atoms with van der Waals surface area (Å²) in [5.41, 5.74) is -0.373. The maximum absolute atomic E-state index is 10.9. The van der Waals surface area contributed by atoms with E-state index in [2.05, 4.69) is 12.1 Å². The summed E-state index contributed by atoms with van der Waals surface area (Å²) >= 11 is 1.74. The van der Waals surface area contributed by atoms with Gasteiger partial charge in [-0.25, -0.2) is 0 Å². The number of carboxylic acid groups (broad SMARTS) is 1. The molecule has 0 saturated heterocycles. The second kappa shape index (κ2) is 4.27. The summed E-state index contributed by atoms with van der Waals surface area (Å²) in [6, 6.07) is 10.1. The van der Waals surface area contributed by atoms with Crippen LogP contribution in [-0.2, 0) is 4.79 Å². The number of carboxylic acids is 1. The van der Waals surface area contributed by atoms with Crippen LogP contribution in [0.4, 0.5) is 0 Å². The Kier molecular flexibility index (Phi) is 3.00. The van der Waals surface area contributed by atoms with Crippen molar-refractivity contribution in [2.24, 2.45) is 5.41 Å². The van der Waals surface area contributed by atoms with Crippen LogP contribution in [0, 0.1) is 5.41 Å². The molecule has 15 heavy (non-hydrogen) atoms. The van der Waals surface area contributed by atoms with Crippen LogP contribution in [0.1, 0.15) is 19.3 Å². The van der Waals surface area contributed by atoms with Crippen LogP contribution in [-0.4, -0.2) is 16.8 Å². The minimum atomic E-state index is -0.615. The van der Waals surface area contributed by atoms with E-state index in [1.165, 1.54) is 4.90 Å². The Bertz CT molecular complexity index is 344. The smallest absolute Gasteiger partial charge is 0.309 e. The number of hydrogen-bond acceptors (Lipinski definition) is 2. The third-order valence-corrected chi connectivity index (χ3v) is 3.91. The summed E-state index contributed by atoms with van der Waals surface area (Å²) in [7, 11) is 0. The van der Waals surface area contributed by atoms with Crippen LogP contribution in [0.3, 0.4) is 0 Å². The van der Waals surface area contributed by atoms with Crippen molar-refractivity contribution in [1.82, 2.24) is 0 Å². The topological polar surface area (TPSA) is 37.3 Å². The van der Waals surface area contributed by atoms with Crippen molar-refractivity contribution in [1.29, 1.82) is 0 Å². The van der Waals surface area contributed by atoms with Gasteiger partial charge < -0.3 is 5.11 Å². The lowest BCUT2D eigenvalue weighted by atomic mass is 10.1. The largest absolute Gasteiger partial charge is 0.481 e. The van der Waals surface area contributed by atoms with Gasteiger partial charge in [0, 0.05) is 4.90 Å². The molecule has 0 heterocycles. The van der Waals surface area contributed by atoms with E-state index in [9.17, 15) is 4.79 Å². The lowest BCUT2D eigenvalue weighted by Crippen LogP contribution is -2.15. The number of hydrogen-bond donors (Lipinski definition) is 1. The highest BCUT2D eigenvalue weighted by molar-refractivity contribution is 7.99. The fourth-order valence-electron chi connectivity index (χ4n) is 1.60. The molecule has 0 bridgehead atoms. The summed E-state index contributed by atoms with van der Waals surface area (Å²) < 4.78 is 0. The highest BCUT2D eigenvalue weighted by atomic mass is 32.2. The molecule has 3 heteroatoms. The molecule has 0 aromatic heterocycles. The van der Waals surface area contributed by atoms with E-state index in [4.69, 9.17) is 5.11 Å². The first-order chi connectivity index (χ1) is 7.23. The predicted octanol–water partition coefficient (Wildman–Crippen LogP) is 3.03. The molecule has 0 radical (unpaired) electrons. The Hall–Kier alpha value is -0.960. The van der Waals surface area contributed by atoms with E-state index < -0.39 is 5.97 Å². The standard InChI is InChI=1S/C12H14O2S/c13-11(14)12(6-7-12)8-9-15-10-4-2-1-3-5-10/h1-5H,6-9H2,(H,13,14). The zero-order chi connectivity index (χ0) is 10.7. The number of thioether (sulfide) groups is 1. The molecule has 1 aliphatic carbocycles. The minimum Gasteiger partial charge on any atom is -0.481 e. The number of carbonyl (C=O) groups is 1. The number of aliphatic carboxylic acids is 1. The normalized spacial score (nSPS) is 17.3. The Morgan fingerprint density at radius 1 is 1.33 bits per heavy atom. The first kappa shape index (κ1) is 10.6. The van der Waals surface area contributed by atoms with Crippen molar-refractivity contribution < 1.29 is 9.90 Å². The highest BCUT2D eigenvalue weighted by Crippen LogP contribution is 2.49. The van der Waals surface area contributed by atoms with E-state index in [0.29, 0.717) is 0 Å². The molecule has 2 rings (SSSR count). The first-order valence-electron chi connectivity index (χ1n) is 5.14. The molecule has 0 atom stereocenters. The van der Waals surface area contributed by atoms with Crippen LogP contribution < -0.4 is 0 Å². The average Bonchev–Trinajstić information content (AvgIpc) is 3.01. The van der Waals surface area contributed by atoms with Gasteiger partial charge in [0.2, 0.25) is 0 Å². The summed E-state index contributed by atoms with van der Waals surface area (Å²) in [6.07, 6.45) is 2.51. The van der Waals surface area contributed by atoms with Gasteiger partial charge in [-0.3, -0.25) is 4.79 Å². The number of benzene rings is 1. The molecule has 80 valence electrons. The van der Waals surface area contributed by atoms with Crippen LogP contribution in [0.15, 0.2) is 35.2 Å². The first-order valence-corrected chi connectivity index (χ1v) is 6.13. The summed E-state index contributed by atoms with van der Waals surface area (Å²) in [5, 5.41) is 8.99. The fourth-order valence-corrected chi connectivity index (χ4v) is 2.68. The summed E-state index contributed by atoms with van der Waals surface area (Å²) in [6.45, 7) is 0. The molecule has 2 nitrogen and oxygen atoms in total. The Morgan fingerprint density at radius 2 is 2.00 bits per heavy atom. The number of rotatable bonds is 5. The van der Waals surface area contributed by atoms with Crippen molar-refractivity contribution in [2.75, 3.05) is 5.75 Å². The second-order valence-corrected chi connectivity index (χ2v) is 5.17.